The van der Waals surface area contributed by atoms with E-state index in [0.717, 1.165) is 27.4 Å². The van der Waals surface area contributed by atoms with Crippen LogP contribution < -0.4 is 5.73 Å². The number of hydrogen-bond acceptors (Lipinski definition) is 3. The van der Waals surface area contributed by atoms with Crippen LogP contribution in [-0.2, 0) is 6.54 Å². The Balaban J connectivity index is 1.90. The van der Waals surface area contributed by atoms with E-state index < -0.39 is 0 Å². The van der Waals surface area contributed by atoms with Crippen molar-refractivity contribution in [3.8, 4) is 0 Å². The van der Waals surface area contributed by atoms with E-state index in [0.29, 0.717) is 0 Å². The summed E-state index contributed by atoms with van der Waals surface area (Å²) in [6.07, 6.45) is 3.75. The lowest BCUT2D eigenvalue weighted by Crippen LogP contribution is -2.00. The van der Waals surface area contributed by atoms with Crippen molar-refractivity contribution >= 4 is 33.4 Å². The SMILES string of the molecule is Nc1cc(Br)ccc1SCCn1cccn1. The van der Waals surface area contributed by atoms with Gasteiger partial charge in [-0.2, -0.15) is 5.10 Å². The van der Waals surface area contributed by atoms with Gasteiger partial charge in [0.05, 0.1) is 6.54 Å². The van der Waals surface area contributed by atoms with Crippen molar-refractivity contribution in [3.63, 3.8) is 0 Å². The van der Waals surface area contributed by atoms with Crippen LogP contribution in [0.4, 0.5) is 5.69 Å². The molecule has 16 heavy (non-hydrogen) atoms. The molecule has 2 aromatic rings. The van der Waals surface area contributed by atoms with Crippen LogP contribution in [0.5, 0.6) is 0 Å². The monoisotopic (exact) mass is 297 g/mol. The van der Waals surface area contributed by atoms with Gasteiger partial charge in [-0.1, -0.05) is 15.9 Å². The fourth-order valence-electron chi connectivity index (χ4n) is 1.33. The predicted molar refractivity (Wildman–Crippen MR) is 71.5 cm³/mol. The number of aromatic nitrogens is 2. The number of halogens is 1. The summed E-state index contributed by atoms with van der Waals surface area (Å²) in [5.74, 6) is 0.966. The minimum Gasteiger partial charge on any atom is -0.398 e. The molecule has 0 amide bonds. The third kappa shape index (κ3) is 3.02. The predicted octanol–water partition coefficient (Wildman–Crippen LogP) is 3.02. The molecule has 1 aromatic heterocycles. The van der Waals surface area contributed by atoms with Gasteiger partial charge in [-0.05, 0) is 24.3 Å². The maximum Gasteiger partial charge on any atom is 0.0503 e. The zero-order valence-corrected chi connectivity index (χ0v) is 11.0. The Labute approximate surface area is 107 Å². The first-order chi connectivity index (χ1) is 7.75. The molecule has 0 spiro atoms. The number of nitrogen functional groups attached to an aromatic ring is 1. The fraction of sp³-hybridized carbons (Fsp3) is 0.182. The van der Waals surface area contributed by atoms with Gasteiger partial charge >= 0.3 is 0 Å². The molecule has 0 aliphatic heterocycles. The van der Waals surface area contributed by atoms with E-state index in [-0.39, 0.29) is 0 Å². The van der Waals surface area contributed by atoms with Crippen molar-refractivity contribution in [2.24, 2.45) is 0 Å². The van der Waals surface area contributed by atoms with Crippen molar-refractivity contribution in [1.29, 1.82) is 0 Å². The average molecular weight is 298 g/mol. The molecule has 0 bridgehead atoms. The van der Waals surface area contributed by atoms with E-state index in [9.17, 15) is 0 Å². The van der Waals surface area contributed by atoms with Crippen LogP contribution in [0.25, 0.3) is 0 Å². The quantitative estimate of drug-likeness (QED) is 0.697. The number of hydrogen-bond donors (Lipinski definition) is 1. The first-order valence-corrected chi connectivity index (χ1v) is 6.69. The smallest absolute Gasteiger partial charge is 0.0503 e. The molecule has 0 aliphatic carbocycles. The Kier molecular flexibility index (Phi) is 3.90. The van der Waals surface area contributed by atoms with Crippen LogP contribution in [-0.4, -0.2) is 15.5 Å². The third-order valence-corrected chi connectivity index (χ3v) is 3.67. The summed E-state index contributed by atoms with van der Waals surface area (Å²) < 4.78 is 2.93. The molecule has 0 fully saturated rings. The molecular formula is C11H12BrN3S. The molecule has 1 heterocycles. The number of rotatable bonds is 4. The zero-order valence-electron chi connectivity index (χ0n) is 8.64. The molecular weight excluding hydrogens is 286 g/mol. The van der Waals surface area contributed by atoms with Gasteiger partial charge < -0.3 is 5.73 Å². The molecule has 2 N–H and O–H groups in total. The summed E-state index contributed by atoms with van der Waals surface area (Å²) >= 11 is 5.14. The van der Waals surface area contributed by atoms with Crippen LogP contribution in [0.3, 0.4) is 0 Å². The molecule has 0 radical (unpaired) electrons. The number of benzene rings is 1. The summed E-state index contributed by atoms with van der Waals surface area (Å²) in [6.45, 7) is 0.896. The summed E-state index contributed by atoms with van der Waals surface area (Å²) in [4.78, 5) is 1.12. The molecule has 3 nitrogen and oxygen atoms in total. The van der Waals surface area contributed by atoms with Crippen LogP contribution in [0.15, 0.2) is 46.0 Å². The fourth-order valence-corrected chi connectivity index (χ4v) is 2.60. The number of nitrogens with two attached hydrogens (primary N) is 1. The number of nitrogens with zero attached hydrogens (tertiary/aromatic N) is 2. The standard InChI is InChI=1S/C11H12BrN3S/c12-9-2-3-11(10(13)8-9)16-7-6-15-5-1-4-14-15/h1-5,8H,6-7,13H2. The van der Waals surface area contributed by atoms with Gasteiger partial charge in [0.25, 0.3) is 0 Å². The summed E-state index contributed by atoms with van der Waals surface area (Å²) in [6, 6.07) is 7.90. The molecule has 0 atom stereocenters. The Morgan fingerprint density at radius 1 is 1.44 bits per heavy atom. The highest BCUT2D eigenvalue weighted by atomic mass is 79.9. The van der Waals surface area contributed by atoms with Gasteiger partial charge in [-0.3, -0.25) is 4.68 Å². The molecule has 5 heteroatoms. The Hall–Kier alpha value is -0.940. The minimum absolute atomic E-state index is 0.819. The minimum atomic E-state index is 0.819. The van der Waals surface area contributed by atoms with E-state index in [1.165, 1.54) is 0 Å². The van der Waals surface area contributed by atoms with Crippen molar-refractivity contribution in [2.45, 2.75) is 11.4 Å². The van der Waals surface area contributed by atoms with Gasteiger partial charge in [0.15, 0.2) is 0 Å². The summed E-state index contributed by atoms with van der Waals surface area (Å²) in [5, 5.41) is 4.15. The molecule has 1 aromatic carbocycles. The van der Waals surface area contributed by atoms with E-state index in [1.807, 2.05) is 35.1 Å². The lowest BCUT2D eigenvalue weighted by atomic mass is 10.3. The summed E-state index contributed by atoms with van der Waals surface area (Å²) in [5.41, 5.74) is 6.73. The second-order valence-electron chi connectivity index (χ2n) is 3.30. The van der Waals surface area contributed by atoms with E-state index >= 15 is 0 Å². The average Bonchev–Trinajstić information content (AvgIpc) is 2.74. The largest absolute Gasteiger partial charge is 0.398 e. The molecule has 84 valence electrons. The van der Waals surface area contributed by atoms with Gasteiger partial charge in [0.2, 0.25) is 0 Å². The highest BCUT2D eigenvalue weighted by Gasteiger charge is 2.00. The van der Waals surface area contributed by atoms with Gasteiger partial charge in [-0.15, -0.1) is 11.8 Å². The van der Waals surface area contributed by atoms with Crippen LogP contribution in [0.2, 0.25) is 0 Å². The topological polar surface area (TPSA) is 43.8 Å². The Morgan fingerprint density at radius 2 is 2.31 bits per heavy atom. The highest BCUT2D eigenvalue weighted by molar-refractivity contribution is 9.10. The van der Waals surface area contributed by atoms with Crippen molar-refractivity contribution < 1.29 is 0 Å². The Morgan fingerprint density at radius 3 is 3.00 bits per heavy atom. The third-order valence-electron chi connectivity index (χ3n) is 2.11. The van der Waals surface area contributed by atoms with E-state index in [1.54, 1.807) is 18.0 Å². The molecule has 0 aliphatic rings. The van der Waals surface area contributed by atoms with Crippen LogP contribution in [0, 0.1) is 0 Å². The second kappa shape index (κ2) is 5.41. The van der Waals surface area contributed by atoms with Crippen molar-refractivity contribution in [3.05, 3.63) is 41.1 Å². The van der Waals surface area contributed by atoms with Gasteiger partial charge in [-0.25, -0.2) is 0 Å². The van der Waals surface area contributed by atoms with Gasteiger partial charge in [0, 0.05) is 33.2 Å². The maximum atomic E-state index is 5.91. The van der Waals surface area contributed by atoms with Crippen molar-refractivity contribution in [2.75, 3.05) is 11.5 Å². The first-order valence-electron chi connectivity index (χ1n) is 4.91. The Bertz CT molecular complexity index is 456. The first kappa shape index (κ1) is 11.5. The summed E-state index contributed by atoms with van der Waals surface area (Å²) in [7, 11) is 0. The van der Waals surface area contributed by atoms with Crippen molar-refractivity contribution in [1.82, 2.24) is 9.78 Å². The van der Waals surface area contributed by atoms with E-state index in [4.69, 9.17) is 5.73 Å². The molecule has 0 saturated carbocycles. The molecule has 2 rings (SSSR count). The highest BCUT2D eigenvalue weighted by Crippen LogP contribution is 2.27. The molecule has 0 saturated heterocycles. The number of thioether (sulfide) groups is 1. The second-order valence-corrected chi connectivity index (χ2v) is 5.35. The molecule has 0 unspecified atom stereocenters. The van der Waals surface area contributed by atoms with Gasteiger partial charge in [0.1, 0.15) is 0 Å². The lowest BCUT2D eigenvalue weighted by molar-refractivity contribution is 0.666. The van der Waals surface area contributed by atoms with Crippen LogP contribution in [0.1, 0.15) is 0 Å². The van der Waals surface area contributed by atoms with E-state index in [2.05, 4.69) is 21.0 Å². The normalized spacial score (nSPS) is 10.6. The zero-order chi connectivity index (χ0) is 11.4. The number of anilines is 1. The lowest BCUT2D eigenvalue weighted by Gasteiger charge is -2.05. The maximum absolute atomic E-state index is 5.91. The van der Waals surface area contributed by atoms with Crippen LogP contribution >= 0.6 is 27.7 Å². The number of aryl methyl sites for hydroxylation is 1.